The van der Waals surface area contributed by atoms with Crippen LogP contribution in [-0.2, 0) is 0 Å². The SMILES string of the molecule is Cc1nc(C)c2ccccc2c1Br. The Morgan fingerprint density at radius 3 is 2.31 bits per heavy atom. The number of rotatable bonds is 0. The Morgan fingerprint density at radius 1 is 1.00 bits per heavy atom. The molecule has 0 saturated heterocycles. The molecule has 0 aliphatic carbocycles. The Labute approximate surface area is 85.9 Å². The zero-order valence-corrected chi connectivity index (χ0v) is 9.22. The Kier molecular flexibility index (Phi) is 2.08. The molecule has 1 aromatic carbocycles. The van der Waals surface area contributed by atoms with Crippen LogP contribution in [0.3, 0.4) is 0 Å². The summed E-state index contributed by atoms with van der Waals surface area (Å²) in [7, 11) is 0. The first-order chi connectivity index (χ1) is 6.20. The second-order valence-electron chi connectivity index (χ2n) is 3.14. The number of hydrogen-bond acceptors (Lipinski definition) is 1. The van der Waals surface area contributed by atoms with E-state index in [0.29, 0.717) is 0 Å². The van der Waals surface area contributed by atoms with E-state index in [1.807, 2.05) is 26.0 Å². The third-order valence-corrected chi connectivity index (χ3v) is 3.21. The van der Waals surface area contributed by atoms with Crippen LogP contribution in [0.2, 0.25) is 0 Å². The molecule has 0 atom stereocenters. The van der Waals surface area contributed by atoms with Gasteiger partial charge in [-0.15, -0.1) is 0 Å². The van der Waals surface area contributed by atoms with E-state index in [4.69, 9.17) is 0 Å². The predicted octanol–water partition coefficient (Wildman–Crippen LogP) is 3.61. The van der Waals surface area contributed by atoms with Crippen LogP contribution in [-0.4, -0.2) is 4.98 Å². The topological polar surface area (TPSA) is 12.9 Å². The highest BCUT2D eigenvalue weighted by Gasteiger charge is 2.04. The van der Waals surface area contributed by atoms with Crippen LogP contribution in [0.15, 0.2) is 28.7 Å². The standard InChI is InChI=1S/C11H10BrN/c1-7-9-5-3-4-6-10(9)11(12)8(2)13-7/h3-6H,1-2H3. The van der Waals surface area contributed by atoms with Gasteiger partial charge in [0.1, 0.15) is 0 Å². The molecule has 0 spiro atoms. The molecule has 2 aromatic rings. The monoisotopic (exact) mass is 235 g/mol. The van der Waals surface area contributed by atoms with E-state index < -0.39 is 0 Å². The van der Waals surface area contributed by atoms with Crippen LogP contribution >= 0.6 is 15.9 Å². The average Bonchev–Trinajstić information content (AvgIpc) is 2.15. The molecule has 13 heavy (non-hydrogen) atoms. The number of aryl methyl sites for hydroxylation is 2. The van der Waals surface area contributed by atoms with Crippen LogP contribution in [0.1, 0.15) is 11.4 Å². The van der Waals surface area contributed by atoms with Crippen LogP contribution in [0.5, 0.6) is 0 Å². The molecule has 2 rings (SSSR count). The fraction of sp³-hybridized carbons (Fsp3) is 0.182. The van der Waals surface area contributed by atoms with Crippen molar-refractivity contribution in [3.63, 3.8) is 0 Å². The highest BCUT2D eigenvalue weighted by Crippen LogP contribution is 2.27. The van der Waals surface area contributed by atoms with Gasteiger partial charge < -0.3 is 0 Å². The molecule has 0 unspecified atom stereocenters. The number of pyridine rings is 1. The number of halogens is 1. The van der Waals surface area contributed by atoms with Crippen LogP contribution in [0.25, 0.3) is 10.8 Å². The fourth-order valence-corrected chi connectivity index (χ4v) is 1.98. The average molecular weight is 236 g/mol. The maximum absolute atomic E-state index is 4.45. The Balaban J connectivity index is 2.97. The first-order valence-electron chi connectivity index (χ1n) is 4.21. The summed E-state index contributed by atoms with van der Waals surface area (Å²) in [6.45, 7) is 4.06. The van der Waals surface area contributed by atoms with Gasteiger partial charge in [-0.3, -0.25) is 4.98 Å². The zero-order chi connectivity index (χ0) is 9.42. The summed E-state index contributed by atoms with van der Waals surface area (Å²) < 4.78 is 1.11. The summed E-state index contributed by atoms with van der Waals surface area (Å²) in [4.78, 5) is 4.45. The first kappa shape index (κ1) is 8.70. The highest BCUT2D eigenvalue weighted by molar-refractivity contribution is 9.10. The number of benzene rings is 1. The van der Waals surface area contributed by atoms with Gasteiger partial charge in [-0.2, -0.15) is 0 Å². The number of nitrogens with zero attached hydrogens (tertiary/aromatic N) is 1. The second kappa shape index (κ2) is 3.11. The van der Waals surface area contributed by atoms with E-state index in [1.165, 1.54) is 10.8 Å². The zero-order valence-electron chi connectivity index (χ0n) is 7.63. The molecule has 0 aliphatic rings. The molecule has 1 heterocycles. The number of hydrogen-bond donors (Lipinski definition) is 0. The van der Waals surface area contributed by atoms with Crippen molar-refractivity contribution in [1.29, 1.82) is 0 Å². The molecule has 1 aromatic heterocycles. The van der Waals surface area contributed by atoms with Crippen LogP contribution in [0.4, 0.5) is 0 Å². The smallest absolute Gasteiger partial charge is 0.0524 e. The van der Waals surface area contributed by atoms with Gasteiger partial charge in [0.15, 0.2) is 0 Å². The van der Waals surface area contributed by atoms with Gasteiger partial charge in [-0.1, -0.05) is 24.3 Å². The molecule has 1 nitrogen and oxygen atoms in total. The minimum atomic E-state index is 1.05. The van der Waals surface area contributed by atoms with E-state index in [2.05, 4.69) is 33.0 Å². The van der Waals surface area contributed by atoms with Crippen molar-refractivity contribution in [2.24, 2.45) is 0 Å². The molecular formula is C11H10BrN. The van der Waals surface area contributed by atoms with E-state index >= 15 is 0 Å². The van der Waals surface area contributed by atoms with Crippen molar-refractivity contribution in [2.45, 2.75) is 13.8 Å². The van der Waals surface area contributed by atoms with Crippen molar-refractivity contribution < 1.29 is 0 Å². The van der Waals surface area contributed by atoms with Gasteiger partial charge in [-0.05, 0) is 35.2 Å². The molecule has 0 bridgehead atoms. The van der Waals surface area contributed by atoms with Crippen molar-refractivity contribution in [2.75, 3.05) is 0 Å². The third-order valence-electron chi connectivity index (χ3n) is 2.21. The summed E-state index contributed by atoms with van der Waals surface area (Å²) in [5, 5.41) is 2.47. The molecule has 0 amide bonds. The normalized spacial score (nSPS) is 10.7. The summed E-state index contributed by atoms with van der Waals surface area (Å²) >= 11 is 3.55. The largest absolute Gasteiger partial charge is 0.257 e. The second-order valence-corrected chi connectivity index (χ2v) is 3.94. The lowest BCUT2D eigenvalue weighted by molar-refractivity contribution is 1.14. The quantitative estimate of drug-likeness (QED) is 0.680. The van der Waals surface area contributed by atoms with E-state index in [9.17, 15) is 0 Å². The lowest BCUT2D eigenvalue weighted by Crippen LogP contribution is -1.90. The molecule has 0 fully saturated rings. The van der Waals surface area contributed by atoms with Crippen molar-refractivity contribution in [1.82, 2.24) is 4.98 Å². The first-order valence-corrected chi connectivity index (χ1v) is 5.01. The van der Waals surface area contributed by atoms with Gasteiger partial charge in [0.05, 0.1) is 5.69 Å². The number of fused-ring (bicyclic) bond motifs is 1. The van der Waals surface area contributed by atoms with E-state index in [-0.39, 0.29) is 0 Å². The van der Waals surface area contributed by atoms with Crippen molar-refractivity contribution in [3.05, 3.63) is 40.1 Å². The minimum absolute atomic E-state index is 1.05. The Bertz CT molecular complexity index is 463. The molecule has 0 N–H and O–H groups in total. The molecule has 2 heteroatoms. The van der Waals surface area contributed by atoms with Gasteiger partial charge in [0, 0.05) is 15.6 Å². The molecule has 0 saturated carbocycles. The van der Waals surface area contributed by atoms with E-state index in [1.54, 1.807) is 0 Å². The number of aromatic nitrogens is 1. The molecule has 66 valence electrons. The summed E-state index contributed by atoms with van der Waals surface area (Å²) in [6.07, 6.45) is 0. The Morgan fingerprint density at radius 2 is 1.62 bits per heavy atom. The minimum Gasteiger partial charge on any atom is -0.257 e. The molecule has 0 radical (unpaired) electrons. The molecular weight excluding hydrogens is 226 g/mol. The summed E-state index contributed by atoms with van der Waals surface area (Å²) in [5.74, 6) is 0. The predicted molar refractivity (Wildman–Crippen MR) is 58.9 cm³/mol. The Hall–Kier alpha value is -0.890. The van der Waals surface area contributed by atoms with Gasteiger partial charge in [0.25, 0.3) is 0 Å². The summed E-state index contributed by atoms with van der Waals surface area (Å²) in [5.41, 5.74) is 2.15. The maximum Gasteiger partial charge on any atom is 0.0524 e. The third kappa shape index (κ3) is 1.35. The lowest BCUT2D eigenvalue weighted by Gasteiger charge is -2.05. The van der Waals surface area contributed by atoms with Crippen LogP contribution < -0.4 is 0 Å². The highest BCUT2D eigenvalue weighted by atomic mass is 79.9. The van der Waals surface area contributed by atoms with Gasteiger partial charge in [-0.25, -0.2) is 0 Å². The van der Waals surface area contributed by atoms with Gasteiger partial charge in [0.2, 0.25) is 0 Å². The van der Waals surface area contributed by atoms with Crippen LogP contribution in [0, 0.1) is 13.8 Å². The molecule has 0 aliphatic heterocycles. The van der Waals surface area contributed by atoms with Crippen molar-refractivity contribution >= 4 is 26.7 Å². The summed E-state index contributed by atoms with van der Waals surface area (Å²) in [6, 6.07) is 8.30. The van der Waals surface area contributed by atoms with E-state index in [0.717, 1.165) is 15.9 Å². The maximum atomic E-state index is 4.45. The lowest BCUT2D eigenvalue weighted by atomic mass is 10.1. The van der Waals surface area contributed by atoms with Gasteiger partial charge >= 0.3 is 0 Å². The fourth-order valence-electron chi connectivity index (χ4n) is 1.55. The van der Waals surface area contributed by atoms with Crippen molar-refractivity contribution in [3.8, 4) is 0 Å².